The van der Waals surface area contributed by atoms with Crippen LogP contribution >= 0.6 is 0 Å². The van der Waals surface area contributed by atoms with Crippen LogP contribution in [-0.2, 0) is 26.8 Å². The van der Waals surface area contributed by atoms with E-state index in [2.05, 4.69) is 5.32 Å². The van der Waals surface area contributed by atoms with Gasteiger partial charge in [-0.05, 0) is 52.9 Å². The minimum absolute atomic E-state index is 0. The Labute approximate surface area is 255 Å². The first-order valence-electron chi connectivity index (χ1n) is 10.4. The summed E-state index contributed by atoms with van der Waals surface area (Å²) >= 11 is 0. The van der Waals surface area contributed by atoms with Crippen LogP contribution in [0.5, 0.6) is 5.75 Å². The van der Waals surface area contributed by atoms with Crippen molar-refractivity contribution in [1.29, 1.82) is 0 Å². The van der Waals surface area contributed by atoms with Crippen LogP contribution in [0.1, 0.15) is 40.8 Å². The van der Waals surface area contributed by atoms with E-state index in [1.807, 2.05) is 24.3 Å². The topological polar surface area (TPSA) is 136 Å². The summed E-state index contributed by atoms with van der Waals surface area (Å²) < 4.78 is 76.6. The molecule has 0 aromatic heterocycles. The van der Waals surface area contributed by atoms with Gasteiger partial charge in [0.2, 0.25) is 0 Å². The Kier molecular flexibility index (Phi) is 11.0. The first kappa shape index (κ1) is 31.2. The third kappa shape index (κ3) is 7.09. The molecule has 0 fully saturated rings. The molecule has 1 aliphatic heterocycles. The molecule has 4 rings (SSSR count). The molecule has 1 atom stereocenters. The fraction of sp³-hybridized carbons (Fsp3) is 0.167. The fourth-order valence-electron chi connectivity index (χ4n) is 3.99. The zero-order valence-corrected chi connectivity index (χ0v) is 25.7. The second-order valence-corrected chi connectivity index (χ2v) is 10.4. The molecule has 0 amide bonds. The van der Waals surface area contributed by atoms with Crippen LogP contribution in [0.4, 0.5) is 0 Å². The number of ether oxygens (including phenoxy) is 1. The zero-order chi connectivity index (χ0) is 24.5. The predicted molar refractivity (Wildman–Crippen MR) is 124 cm³/mol. The van der Waals surface area contributed by atoms with Crippen LogP contribution < -0.4 is 69.2 Å². The van der Waals surface area contributed by atoms with E-state index in [0.717, 1.165) is 17.2 Å². The number of hydrogen-bond donors (Lipinski definition) is 1. The summed E-state index contributed by atoms with van der Waals surface area (Å²) in [6.45, 7) is 2.62. The maximum absolute atomic E-state index is 12.0. The first-order valence-corrected chi connectivity index (χ1v) is 13.2. The molecule has 178 valence electrons. The summed E-state index contributed by atoms with van der Waals surface area (Å²) in [5, 5.41) is 3.31. The van der Waals surface area contributed by atoms with Gasteiger partial charge in [0.05, 0.1) is 22.4 Å². The summed E-state index contributed by atoms with van der Waals surface area (Å²) in [6.07, 6.45) is 2.59. The number of hydrogen-bond acceptors (Lipinski definition) is 8. The van der Waals surface area contributed by atoms with E-state index < -0.39 is 30.0 Å². The Bertz CT molecular complexity index is 1490. The van der Waals surface area contributed by atoms with Gasteiger partial charge in [0.15, 0.2) is 0 Å². The summed E-state index contributed by atoms with van der Waals surface area (Å²) in [4.78, 5) is -0.950. The Balaban J connectivity index is 0.00000228. The van der Waals surface area contributed by atoms with Gasteiger partial charge in [0.25, 0.3) is 0 Å². The molecule has 3 aromatic rings. The van der Waals surface area contributed by atoms with E-state index in [0.29, 0.717) is 12.1 Å². The maximum Gasteiger partial charge on any atom is 1.00 e. The van der Waals surface area contributed by atoms with E-state index in [9.17, 15) is 25.9 Å². The second kappa shape index (κ2) is 12.7. The summed E-state index contributed by atoms with van der Waals surface area (Å²) in [6, 6.07) is 16.0. The van der Waals surface area contributed by atoms with Crippen molar-refractivity contribution >= 4 is 32.4 Å². The molecule has 0 saturated heterocycles. The van der Waals surface area contributed by atoms with Crippen molar-refractivity contribution in [3.05, 3.63) is 88.5 Å². The molecule has 0 saturated carbocycles. The van der Waals surface area contributed by atoms with Crippen LogP contribution in [0, 0.1) is 0 Å². The van der Waals surface area contributed by atoms with Gasteiger partial charge in [-0.3, -0.25) is 0 Å². The SMILES string of the molecule is CCOc1ccc(C=Cc2ccc(C3NCc4ccccc43)cc2S(=O)(=O)[O-])c(S(=O)(=O)[O-])c1.[Na+].[Na+]. The largest absolute Gasteiger partial charge is 1.00 e. The summed E-state index contributed by atoms with van der Waals surface area (Å²) in [5.74, 6) is 0.214. The number of rotatable bonds is 7. The number of benzene rings is 3. The average Bonchev–Trinajstić information content (AvgIpc) is 3.21. The van der Waals surface area contributed by atoms with Crippen LogP contribution in [0.25, 0.3) is 12.2 Å². The molecule has 12 heteroatoms. The Morgan fingerprint density at radius 3 is 2.08 bits per heavy atom. The minimum atomic E-state index is -4.85. The number of nitrogens with one attached hydrogen (secondary N) is 1. The second-order valence-electron chi connectivity index (χ2n) is 7.68. The van der Waals surface area contributed by atoms with Gasteiger partial charge < -0.3 is 19.2 Å². The van der Waals surface area contributed by atoms with Crippen molar-refractivity contribution in [2.45, 2.75) is 29.3 Å². The quantitative estimate of drug-likeness (QED) is 0.192. The molecule has 8 nitrogen and oxygen atoms in total. The summed E-state index contributed by atoms with van der Waals surface area (Å²) in [7, 11) is -9.68. The van der Waals surface area contributed by atoms with Gasteiger partial charge >= 0.3 is 59.1 Å². The van der Waals surface area contributed by atoms with Gasteiger partial charge in [0.1, 0.15) is 26.0 Å². The predicted octanol–water partition coefficient (Wildman–Crippen LogP) is -2.74. The van der Waals surface area contributed by atoms with E-state index >= 15 is 0 Å². The molecule has 36 heavy (non-hydrogen) atoms. The van der Waals surface area contributed by atoms with Gasteiger partial charge in [-0.25, -0.2) is 16.8 Å². The molecule has 3 aromatic carbocycles. The summed E-state index contributed by atoms with van der Waals surface area (Å²) in [5.41, 5.74) is 2.82. The zero-order valence-electron chi connectivity index (χ0n) is 20.1. The Morgan fingerprint density at radius 1 is 0.889 bits per heavy atom. The third-order valence-corrected chi connectivity index (χ3v) is 7.30. The standard InChI is InChI=1S/C24H23NO7S2.2Na/c1-2-32-20-12-11-17(23(14-20)34(29,30)31)8-7-16-9-10-18(13-22(16)33(26,27)28)24-21-6-4-3-5-19(21)15-25-24;;/h3-14,24-25H,2,15H2,1H3,(H,26,27,28)(H,29,30,31);;/q;2*+1/p-2. The fourth-order valence-corrected chi connectivity index (χ4v) is 5.38. The van der Waals surface area contributed by atoms with E-state index in [4.69, 9.17) is 4.74 Å². The van der Waals surface area contributed by atoms with Crippen LogP contribution in [0.2, 0.25) is 0 Å². The maximum atomic E-state index is 12.0. The van der Waals surface area contributed by atoms with E-state index in [1.165, 1.54) is 36.4 Å². The molecular weight excluding hydrogens is 524 g/mol. The molecular formula is C24H21NNa2O7S2. The molecule has 0 spiro atoms. The Hall–Kier alpha value is -1.02. The van der Waals surface area contributed by atoms with Crippen molar-refractivity contribution < 1.29 is 89.8 Å². The molecule has 1 unspecified atom stereocenters. The normalized spacial score (nSPS) is 15.1. The molecule has 1 N–H and O–H groups in total. The third-order valence-electron chi connectivity index (χ3n) is 5.51. The van der Waals surface area contributed by atoms with Gasteiger partial charge in [0, 0.05) is 6.54 Å². The van der Waals surface area contributed by atoms with E-state index in [1.54, 1.807) is 13.0 Å². The first-order chi connectivity index (χ1) is 16.1. The van der Waals surface area contributed by atoms with Gasteiger partial charge in [-0.15, -0.1) is 0 Å². The van der Waals surface area contributed by atoms with Crippen LogP contribution in [-0.4, -0.2) is 32.5 Å². The monoisotopic (exact) mass is 545 g/mol. The smallest absolute Gasteiger partial charge is 0.744 e. The van der Waals surface area contributed by atoms with Crippen molar-refractivity contribution in [3.8, 4) is 5.75 Å². The number of fused-ring (bicyclic) bond motifs is 1. The van der Waals surface area contributed by atoms with Crippen LogP contribution in [0.3, 0.4) is 0 Å². The molecule has 0 bridgehead atoms. The van der Waals surface area contributed by atoms with Gasteiger partial charge in [-0.1, -0.05) is 54.6 Å². The van der Waals surface area contributed by atoms with Crippen molar-refractivity contribution in [1.82, 2.24) is 5.32 Å². The van der Waals surface area contributed by atoms with Crippen molar-refractivity contribution in [2.24, 2.45) is 0 Å². The van der Waals surface area contributed by atoms with E-state index in [-0.39, 0.29) is 88.6 Å². The van der Waals surface area contributed by atoms with Gasteiger partial charge in [-0.2, -0.15) is 0 Å². The van der Waals surface area contributed by atoms with Crippen molar-refractivity contribution in [3.63, 3.8) is 0 Å². The molecule has 0 aliphatic carbocycles. The Morgan fingerprint density at radius 2 is 1.47 bits per heavy atom. The molecule has 1 heterocycles. The van der Waals surface area contributed by atoms with Crippen LogP contribution in [0.15, 0.2) is 70.5 Å². The van der Waals surface area contributed by atoms with Crippen molar-refractivity contribution in [2.75, 3.05) is 6.61 Å². The molecule has 0 radical (unpaired) electrons. The minimum Gasteiger partial charge on any atom is -0.744 e. The molecule has 1 aliphatic rings. The average molecular weight is 546 g/mol.